The molecule has 28 heavy (non-hydrogen) atoms. The monoisotopic (exact) mass is 444 g/mol. The van der Waals surface area contributed by atoms with E-state index in [1.54, 1.807) is 30.3 Å². The number of aliphatic imine (C=N–C) groups is 1. The maximum atomic E-state index is 14.0. The van der Waals surface area contributed by atoms with Gasteiger partial charge in [0.05, 0.1) is 16.2 Å². The van der Waals surface area contributed by atoms with Crippen molar-refractivity contribution < 1.29 is 8.78 Å². The van der Waals surface area contributed by atoms with Gasteiger partial charge in [0.25, 0.3) is 0 Å². The zero-order valence-electron chi connectivity index (χ0n) is 14.7. The van der Waals surface area contributed by atoms with Crippen LogP contribution in [0.25, 0.3) is 0 Å². The molecule has 2 aromatic heterocycles. The molecule has 0 radical (unpaired) electrons. The summed E-state index contributed by atoms with van der Waals surface area (Å²) in [5.41, 5.74) is 0.442. The summed E-state index contributed by atoms with van der Waals surface area (Å²) in [6.45, 7) is 1.90. The van der Waals surface area contributed by atoms with Crippen molar-refractivity contribution in [3.63, 3.8) is 0 Å². The van der Waals surface area contributed by atoms with Gasteiger partial charge in [-0.15, -0.1) is 0 Å². The maximum absolute atomic E-state index is 14.0. The van der Waals surface area contributed by atoms with Gasteiger partial charge in [-0.2, -0.15) is 4.39 Å². The van der Waals surface area contributed by atoms with E-state index in [0.717, 1.165) is 0 Å². The molecule has 4 rings (SSSR count). The zero-order valence-corrected chi connectivity index (χ0v) is 16.3. The largest absolute Gasteiger partial charge is 0.363 e. The van der Waals surface area contributed by atoms with Gasteiger partial charge in [0.2, 0.25) is 11.5 Å². The highest BCUT2D eigenvalue weighted by molar-refractivity contribution is 9.10. The van der Waals surface area contributed by atoms with E-state index in [9.17, 15) is 13.6 Å². The molecule has 0 unspecified atom stereocenters. The van der Waals surface area contributed by atoms with Gasteiger partial charge >= 0.3 is 0 Å². The standard InChI is InChI=1S/C20H15BrF2N4O/c1-11-20(13-7-8-24-17(23)10-13,12-5-6-15(22)14(21)9-12)27-19(25-11)16-3-2-4-18(28)26-16/h2-11H,1H3,(H,25,27)(H,26,28)/t11-,20-/m0/s1. The van der Waals surface area contributed by atoms with Gasteiger partial charge in [-0.05, 0) is 64.3 Å². The van der Waals surface area contributed by atoms with Crippen molar-refractivity contribution >= 4 is 21.8 Å². The van der Waals surface area contributed by atoms with Crippen molar-refractivity contribution in [1.29, 1.82) is 0 Å². The minimum Gasteiger partial charge on any atom is -0.363 e. The number of pyridine rings is 2. The second-order valence-corrected chi connectivity index (χ2v) is 7.37. The van der Waals surface area contributed by atoms with Gasteiger partial charge < -0.3 is 10.3 Å². The lowest BCUT2D eigenvalue weighted by atomic mass is 9.79. The summed E-state index contributed by atoms with van der Waals surface area (Å²) in [7, 11) is 0. The quantitative estimate of drug-likeness (QED) is 0.607. The average Bonchev–Trinajstić information content (AvgIpc) is 3.02. The second-order valence-electron chi connectivity index (χ2n) is 6.52. The number of amidine groups is 1. The molecule has 142 valence electrons. The van der Waals surface area contributed by atoms with Gasteiger partial charge in [0.15, 0.2) is 0 Å². The van der Waals surface area contributed by atoms with Crippen LogP contribution in [0.3, 0.4) is 0 Å². The first-order valence-electron chi connectivity index (χ1n) is 8.54. The molecule has 8 heteroatoms. The second kappa shape index (κ2) is 6.94. The summed E-state index contributed by atoms with van der Waals surface area (Å²) in [6.07, 6.45) is 1.37. The summed E-state index contributed by atoms with van der Waals surface area (Å²) in [4.78, 5) is 22.9. The fourth-order valence-electron chi connectivity index (χ4n) is 3.51. The Labute approximate surface area is 167 Å². The number of hydrogen-bond acceptors (Lipinski definition) is 4. The molecule has 0 amide bonds. The third kappa shape index (κ3) is 3.03. The maximum Gasteiger partial charge on any atom is 0.248 e. The number of aromatic amines is 1. The number of nitrogens with zero attached hydrogens (tertiary/aromatic N) is 2. The number of nitrogens with one attached hydrogen (secondary N) is 2. The number of aromatic nitrogens is 2. The highest BCUT2D eigenvalue weighted by Crippen LogP contribution is 2.41. The van der Waals surface area contributed by atoms with Gasteiger partial charge in [-0.25, -0.2) is 14.4 Å². The van der Waals surface area contributed by atoms with E-state index in [1.165, 1.54) is 24.4 Å². The highest BCUT2D eigenvalue weighted by atomic mass is 79.9. The van der Waals surface area contributed by atoms with Crippen LogP contribution in [0.1, 0.15) is 23.7 Å². The van der Waals surface area contributed by atoms with E-state index < -0.39 is 17.3 Å². The predicted octanol–water partition coefficient (Wildman–Crippen LogP) is 3.49. The Morgan fingerprint density at radius 1 is 1.11 bits per heavy atom. The van der Waals surface area contributed by atoms with Crippen LogP contribution in [0.2, 0.25) is 0 Å². The smallest absolute Gasteiger partial charge is 0.248 e. The van der Waals surface area contributed by atoms with Crippen LogP contribution in [0.5, 0.6) is 0 Å². The third-order valence-corrected chi connectivity index (χ3v) is 5.43. The Hall–Kier alpha value is -2.87. The van der Waals surface area contributed by atoms with E-state index in [2.05, 4.69) is 31.2 Å². The van der Waals surface area contributed by atoms with Crippen molar-refractivity contribution in [2.75, 3.05) is 0 Å². The first-order chi connectivity index (χ1) is 13.4. The van der Waals surface area contributed by atoms with Crippen molar-refractivity contribution in [2.24, 2.45) is 4.99 Å². The summed E-state index contributed by atoms with van der Waals surface area (Å²) in [6, 6.07) is 12.0. The van der Waals surface area contributed by atoms with Crippen LogP contribution in [-0.4, -0.2) is 21.8 Å². The molecule has 0 saturated carbocycles. The molecule has 0 aliphatic carbocycles. The Kier molecular flexibility index (Phi) is 4.58. The normalized spacial score (nSPS) is 21.3. The Morgan fingerprint density at radius 2 is 1.89 bits per heavy atom. The first-order valence-corrected chi connectivity index (χ1v) is 9.33. The molecule has 1 aliphatic heterocycles. The summed E-state index contributed by atoms with van der Waals surface area (Å²) < 4.78 is 28.1. The van der Waals surface area contributed by atoms with Crippen molar-refractivity contribution in [3.05, 3.63) is 98.1 Å². The topological polar surface area (TPSA) is 70.1 Å². The summed E-state index contributed by atoms with van der Waals surface area (Å²) >= 11 is 3.22. The lowest BCUT2D eigenvalue weighted by Crippen LogP contribution is -2.41. The molecule has 2 N–H and O–H groups in total. The fourth-order valence-corrected chi connectivity index (χ4v) is 3.89. The van der Waals surface area contributed by atoms with Gasteiger partial charge in [-0.1, -0.05) is 12.1 Å². The highest BCUT2D eigenvalue weighted by Gasteiger charge is 2.45. The van der Waals surface area contributed by atoms with Crippen molar-refractivity contribution in [1.82, 2.24) is 15.3 Å². The molecule has 5 nitrogen and oxygen atoms in total. The lowest BCUT2D eigenvalue weighted by Gasteiger charge is -2.32. The van der Waals surface area contributed by atoms with Gasteiger partial charge in [0.1, 0.15) is 17.2 Å². The fraction of sp³-hybridized carbons (Fsp3) is 0.150. The van der Waals surface area contributed by atoms with Crippen LogP contribution in [0, 0.1) is 11.8 Å². The Balaban J connectivity index is 1.97. The van der Waals surface area contributed by atoms with Gasteiger partial charge in [-0.3, -0.25) is 4.79 Å². The van der Waals surface area contributed by atoms with Crippen LogP contribution >= 0.6 is 15.9 Å². The molecule has 1 aliphatic rings. The number of benzene rings is 1. The molecule has 0 saturated heterocycles. The molecule has 0 fully saturated rings. The first kappa shape index (κ1) is 18.5. The number of rotatable bonds is 3. The molecule has 3 aromatic rings. The van der Waals surface area contributed by atoms with Crippen LogP contribution in [0.15, 0.2) is 69.0 Å². The molecule has 3 heterocycles. The van der Waals surface area contributed by atoms with E-state index in [0.29, 0.717) is 22.7 Å². The SMILES string of the molecule is C[C@@H]1NC(c2cccc(=O)[nH]2)=N[C@]1(c1ccnc(F)c1)c1ccc(F)c(Br)c1. The Bertz CT molecular complexity index is 1150. The zero-order chi connectivity index (χ0) is 19.9. The molecular weight excluding hydrogens is 430 g/mol. The van der Waals surface area contributed by atoms with Crippen LogP contribution < -0.4 is 10.9 Å². The number of halogens is 3. The molecule has 1 aromatic carbocycles. The molecule has 0 bridgehead atoms. The van der Waals surface area contributed by atoms with Crippen molar-refractivity contribution in [2.45, 2.75) is 18.5 Å². The minimum absolute atomic E-state index is 0.258. The van der Waals surface area contributed by atoms with E-state index in [-0.39, 0.29) is 16.1 Å². The minimum atomic E-state index is -1.04. The third-order valence-electron chi connectivity index (χ3n) is 4.82. The van der Waals surface area contributed by atoms with E-state index in [1.807, 2.05) is 6.92 Å². The van der Waals surface area contributed by atoms with Crippen LogP contribution in [0.4, 0.5) is 8.78 Å². The van der Waals surface area contributed by atoms with Crippen LogP contribution in [-0.2, 0) is 5.54 Å². The lowest BCUT2D eigenvalue weighted by molar-refractivity contribution is 0.448. The number of H-pyrrole nitrogens is 1. The summed E-state index contributed by atoms with van der Waals surface area (Å²) in [5, 5.41) is 3.27. The van der Waals surface area contributed by atoms with Crippen molar-refractivity contribution in [3.8, 4) is 0 Å². The molecule has 0 spiro atoms. The average molecular weight is 445 g/mol. The van der Waals surface area contributed by atoms with E-state index in [4.69, 9.17) is 4.99 Å². The van der Waals surface area contributed by atoms with Gasteiger partial charge in [0, 0.05) is 12.3 Å². The predicted molar refractivity (Wildman–Crippen MR) is 105 cm³/mol. The molecule has 2 atom stereocenters. The summed E-state index contributed by atoms with van der Waals surface area (Å²) in [5.74, 6) is -0.583. The Morgan fingerprint density at radius 3 is 2.61 bits per heavy atom. The molecular formula is C20H15BrF2N4O. The number of hydrogen-bond donors (Lipinski definition) is 2. The van der Waals surface area contributed by atoms with E-state index >= 15 is 0 Å².